The minimum atomic E-state index is -0.618. The van der Waals surface area contributed by atoms with E-state index < -0.39 is 5.91 Å². The topological polar surface area (TPSA) is 110 Å². The molecule has 0 radical (unpaired) electrons. The molecule has 0 unspecified atom stereocenters. The molecule has 104 valence electrons. The molecule has 6 nitrogen and oxygen atoms in total. The first-order valence-electron chi connectivity index (χ1n) is 6.06. The summed E-state index contributed by atoms with van der Waals surface area (Å²) in [6.45, 7) is 2.92. The predicted octanol–water partition coefficient (Wildman–Crippen LogP) is 1.00. The second-order valence-electron chi connectivity index (χ2n) is 5.16. The van der Waals surface area contributed by atoms with Crippen LogP contribution in [-0.4, -0.2) is 25.4 Å². The Morgan fingerprint density at radius 1 is 1.42 bits per heavy atom. The van der Waals surface area contributed by atoms with Crippen LogP contribution in [0.5, 0.6) is 0 Å². The van der Waals surface area contributed by atoms with Crippen molar-refractivity contribution < 1.29 is 9.59 Å². The van der Waals surface area contributed by atoms with Gasteiger partial charge in [-0.15, -0.1) is 11.3 Å². The number of carbonyl (C=O) groups is 2. The third-order valence-corrected chi connectivity index (χ3v) is 4.57. The highest BCUT2D eigenvalue weighted by molar-refractivity contribution is 7.19. The van der Waals surface area contributed by atoms with Crippen LogP contribution in [0.15, 0.2) is 0 Å². The summed E-state index contributed by atoms with van der Waals surface area (Å²) in [5.74, 6) is -0.928. The average Bonchev–Trinajstić information content (AvgIpc) is 2.99. The van der Waals surface area contributed by atoms with Crippen molar-refractivity contribution >= 4 is 33.8 Å². The number of rotatable bonds is 5. The van der Waals surface area contributed by atoms with Gasteiger partial charge in [0.15, 0.2) is 0 Å². The zero-order valence-electron chi connectivity index (χ0n) is 11.0. The first-order valence-corrected chi connectivity index (χ1v) is 6.87. The third-order valence-electron chi connectivity index (χ3n) is 3.40. The Bertz CT molecular complexity index is 534. The van der Waals surface area contributed by atoms with Crippen molar-refractivity contribution in [3.8, 4) is 0 Å². The van der Waals surface area contributed by atoms with Gasteiger partial charge in [0.25, 0.3) is 11.8 Å². The van der Waals surface area contributed by atoms with Crippen molar-refractivity contribution in [1.29, 1.82) is 0 Å². The molecule has 7 heteroatoms. The maximum Gasteiger partial charge on any atom is 0.263 e. The van der Waals surface area contributed by atoms with Gasteiger partial charge in [-0.1, -0.05) is 6.92 Å². The molecule has 0 saturated heterocycles. The smallest absolute Gasteiger partial charge is 0.263 e. The SMILES string of the molecule is CNC(=O)c1sc(NCC2(C)CC2)c(C(N)=O)c1N. The fourth-order valence-electron chi connectivity index (χ4n) is 1.78. The van der Waals surface area contributed by atoms with Crippen molar-refractivity contribution in [3.63, 3.8) is 0 Å². The average molecular weight is 282 g/mol. The molecular formula is C12H18N4O2S. The van der Waals surface area contributed by atoms with Crippen LogP contribution < -0.4 is 22.1 Å². The summed E-state index contributed by atoms with van der Waals surface area (Å²) in [5, 5.41) is 6.27. The van der Waals surface area contributed by atoms with E-state index in [2.05, 4.69) is 17.6 Å². The monoisotopic (exact) mass is 282 g/mol. The number of nitrogens with one attached hydrogen (secondary N) is 2. The number of carbonyl (C=O) groups excluding carboxylic acids is 2. The molecule has 1 aliphatic rings. The fraction of sp³-hybridized carbons (Fsp3) is 0.500. The number of nitrogens with two attached hydrogens (primary N) is 2. The van der Waals surface area contributed by atoms with Gasteiger partial charge in [0, 0.05) is 13.6 Å². The lowest BCUT2D eigenvalue weighted by atomic mass is 10.1. The number of anilines is 2. The highest BCUT2D eigenvalue weighted by atomic mass is 32.1. The molecule has 1 aliphatic carbocycles. The fourth-order valence-corrected chi connectivity index (χ4v) is 2.85. The molecule has 0 atom stereocenters. The molecule has 1 aromatic rings. The number of hydrogen-bond acceptors (Lipinski definition) is 5. The molecule has 1 fully saturated rings. The van der Waals surface area contributed by atoms with E-state index in [-0.39, 0.29) is 22.6 Å². The highest BCUT2D eigenvalue weighted by Gasteiger charge is 2.37. The normalized spacial score (nSPS) is 15.9. The first kappa shape index (κ1) is 13.7. The number of thiophene rings is 1. The van der Waals surface area contributed by atoms with E-state index in [1.807, 2.05) is 0 Å². The standard InChI is InChI=1S/C12H18N4O2S/c1-12(3-4-12)5-16-11-6(9(14)17)7(13)8(19-11)10(18)15-2/h16H,3-5,13H2,1-2H3,(H2,14,17)(H,15,18). The summed E-state index contributed by atoms with van der Waals surface area (Å²) in [5.41, 5.74) is 11.8. The van der Waals surface area contributed by atoms with E-state index in [9.17, 15) is 9.59 Å². The van der Waals surface area contributed by atoms with Gasteiger partial charge in [0.1, 0.15) is 9.88 Å². The number of amides is 2. The van der Waals surface area contributed by atoms with Crippen molar-refractivity contribution in [2.24, 2.45) is 11.1 Å². The summed E-state index contributed by atoms with van der Waals surface area (Å²) in [6, 6.07) is 0. The van der Waals surface area contributed by atoms with Gasteiger partial charge in [-0.25, -0.2) is 0 Å². The van der Waals surface area contributed by atoms with Crippen molar-refractivity contribution in [1.82, 2.24) is 5.32 Å². The third kappa shape index (κ3) is 2.65. The Morgan fingerprint density at radius 2 is 2.05 bits per heavy atom. The van der Waals surface area contributed by atoms with Gasteiger partial charge in [-0.05, 0) is 18.3 Å². The van der Waals surface area contributed by atoms with Crippen LogP contribution in [-0.2, 0) is 0 Å². The van der Waals surface area contributed by atoms with E-state index in [1.165, 1.54) is 18.4 Å². The lowest BCUT2D eigenvalue weighted by molar-refractivity contribution is 0.0967. The van der Waals surface area contributed by atoms with Crippen LogP contribution >= 0.6 is 11.3 Å². The van der Waals surface area contributed by atoms with Crippen molar-refractivity contribution in [3.05, 3.63) is 10.4 Å². The molecule has 0 spiro atoms. The molecule has 0 aromatic carbocycles. The summed E-state index contributed by atoms with van der Waals surface area (Å²) in [6.07, 6.45) is 2.32. The maximum atomic E-state index is 11.7. The largest absolute Gasteiger partial charge is 0.397 e. The van der Waals surface area contributed by atoms with E-state index >= 15 is 0 Å². The van der Waals surface area contributed by atoms with Crippen LogP contribution in [0.2, 0.25) is 0 Å². The number of hydrogen-bond donors (Lipinski definition) is 4. The zero-order chi connectivity index (χ0) is 14.2. The van der Waals surface area contributed by atoms with Gasteiger partial charge in [-0.2, -0.15) is 0 Å². The van der Waals surface area contributed by atoms with Gasteiger partial charge >= 0.3 is 0 Å². The molecule has 2 amide bonds. The van der Waals surface area contributed by atoms with Crippen LogP contribution in [0, 0.1) is 5.41 Å². The van der Waals surface area contributed by atoms with Crippen molar-refractivity contribution in [2.75, 3.05) is 24.6 Å². The van der Waals surface area contributed by atoms with Crippen LogP contribution in [0.25, 0.3) is 0 Å². The summed E-state index contributed by atoms with van der Waals surface area (Å²) < 4.78 is 0. The molecule has 0 aliphatic heterocycles. The van der Waals surface area contributed by atoms with E-state index in [0.717, 1.165) is 19.4 Å². The molecule has 1 saturated carbocycles. The van der Waals surface area contributed by atoms with Crippen LogP contribution in [0.1, 0.15) is 39.8 Å². The lowest BCUT2D eigenvalue weighted by Gasteiger charge is -2.10. The van der Waals surface area contributed by atoms with E-state index in [0.29, 0.717) is 9.88 Å². The quantitative estimate of drug-likeness (QED) is 0.645. The molecule has 1 heterocycles. The van der Waals surface area contributed by atoms with Crippen molar-refractivity contribution in [2.45, 2.75) is 19.8 Å². The Kier molecular flexibility index (Phi) is 3.40. The van der Waals surface area contributed by atoms with Gasteiger partial charge in [0.2, 0.25) is 0 Å². The van der Waals surface area contributed by atoms with Crippen LogP contribution in [0.3, 0.4) is 0 Å². The van der Waals surface area contributed by atoms with Crippen LogP contribution in [0.4, 0.5) is 10.7 Å². The van der Waals surface area contributed by atoms with Gasteiger partial charge in [0.05, 0.1) is 11.3 Å². The minimum Gasteiger partial charge on any atom is -0.397 e. The Labute approximate surface area is 115 Å². The Hall–Kier alpha value is -1.76. The number of primary amides is 1. The van der Waals surface area contributed by atoms with E-state index in [1.54, 1.807) is 0 Å². The van der Waals surface area contributed by atoms with Gasteiger partial charge < -0.3 is 22.1 Å². The second-order valence-corrected chi connectivity index (χ2v) is 6.18. The summed E-state index contributed by atoms with van der Waals surface area (Å²) in [7, 11) is 1.52. The molecule has 19 heavy (non-hydrogen) atoms. The number of nitrogen functional groups attached to an aromatic ring is 1. The molecule has 2 rings (SSSR count). The predicted molar refractivity (Wildman–Crippen MR) is 76.5 cm³/mol. The first-order chi connectivity index (χ1) is 8.88. The molecule has 0 bridgehead atoms. The summed E-state index contributed by atoms with van der Waals surface area (Å²) in [4.78, 5) is 23.5. The maximum absolute atomic E-state index is 11.7. The Morgan fingerprint density at radius 3 is 2.53 bits per heavy atom. The minimum absolute atomic E-state index is 0.153. The molecule has 6 N–H and O–H groups in total. The van der Waals surface area contributed by atoms with E-state index in [4.69, 9.17) is 11.5 Å². The second kappa shape index (κ2) is 4.73. The Balaban J connectivity index is 2.29. The summed E-state index contributed by atoms with van der Waals surface area (Å²) >= 11 is 1.17. The highest BCUT2D eigenvalue weighted by Crippen LogP contribution is 2.45. The molecular weight excluding hydrogens is 264 g/mol. The molecule has 1 aromatic heterocycles. The zero-order valence-corrected chi connectivity index (χ0v) is 11.8. The lowest BCUT2D eigenvalue weighted by Crippen LogP contribution is -2.19. The van der Waals surface area contributed by atoms with Gasteiger partial charge in [-0.3, -0.25) is 9.59 Å².